The summed E-state index contributed by atoms with van der Waals surface area (Å²) >= 11 is 6.05. The second-order valence-corrected chi connectivity index (χ2v) is 5.37. The van der Waals surface area contributed by atoms with Crippen molar-refractivity contribution in [3.8, 4) is 0 Å². The van der Waals surface area contributed by atoms with Crippen molar-refractivity contribution in [1.29, 1.82) is 0 Å². The summed E-state index contributed by atoms with van der Waals surface area (Å²) in [6.45, 7) is 0.439. The van der Waals surface area contributed by atoms with Gasteiger partial charge in [0.1, 0.15) is 0 Å². The first-order valence-electron chi connectivity index (χ1n) is 6.77. The molecular formula is C16H14ClN3O2. The molecule has 0 spiro atoms. The average Bonchev–Trinajstić information content (AvgIpc) is 2.51. The van der Waals surface area contributed by atoms with Crippen LogP contribution in [0.4, 0.5) is 16.2 Å². The Morgan fingerprint density at radius 1 is 1.23 bits per heavy atom. The number of anilines is 2. The lowest BCUT2D eigenvalue weighted by molar-refractivity contribution is 0.102. The number of benzene rings is 2. The molecule has 0 saturated carbocycles. The highest BCUT2D eigenvalue weighted by molar-refractivity contribution is 6.34. The minimum atomic E-state index is -0.307. The van der Waals surface area contributed by atoms with Crippen LogP contribution in [0.3, 0.4) is 0 Å². The minimum absolute atomic E-state index is 0.202. The van der Waals surface area contributed by atoms with Gasteiger partial charge in [0.15, 0.2) is 0 Å². The van der Waals surface area contributed by atoms with Gasteiger partial charge in [-0.15, -0.1) is 0 Å². The van der Waals surface area contributed by atoms with Crippen molar-refractivity contribution in [2.24, 2.45) is 0 Å². The quantitative estimate of drug-likeness (QED) is 0.893. The van der Waals surface area contributed by atoms with E-state index in [4.69, 9.17) is 11.6 Å². The zero-order valence-electron chi connectivity index (χ0n) is 11.9. The van der Waals surface area contributed by atoms with E-state index < -0.39 is 0 Å². The second-order valence-electron chi connectivity index (χ2n) is 4.96. The molecule has 2 aromatic carbocycles. The number of carbonyl (C=O) groups excluding carboxylic acids is 2. The van der Waals surface area contributed by atoms with Gasteiger partial charge in [0.25, 0.3) is 5.91 Å². The molecule has 112 valence electrons. The maximum Gasteiger partial charge on any atom is 0.321 e. The van der Waals surface area contributed by atoms with Gasteiger partial charge in [-0.05, 0) is 23.8 Å². The molecule has 0 unspecified atom stereocenters. The van der Waals surface area contributed by atoms with Gasteiger partial charge in [-0.25, -0.2) is 4.79 Å². The number of nitrogens with zero attached hydrogens (tertiary/aromatic N) is 1. The lowest BCUT2D eigenvalue weighted by Gasteiger charge is -2.28. The summed E-state index contributed by atoms with van der Waals surface area (Å²) in [6.07, 6.45) is 0. The molecule has 1 aliphatic heterocycles. The molecule has 1 aliphatic rings. The van der Waals surface area contributed by atoms with Gasteiger partial charge in [-0.3, -0.25) is 9.69 Å². The topological polar surface area (TPSA) is 61.4 Å². The molecule has 5 nitrogen and oxygen atoms in total. The van der Waals surface area contributed by atoms with Crippen LogP contribution in [-0.2, 0) is 6.54 Å². The van der Waals surface area contributed by atoms with E-state index in [1.807, 2.05) is 12.1 Å². The number of halogens is 1. The molecule has 0 radical (unpaired) electrons. The normalized spacial score (nSPS) is 13.4. The van der Waals surface area contributed by atoms with E-state index in [0.717, 1.165) is 5.56 Å². The molecule has 0 fully saturated rings. The summed E-state index contributed by atoms with van der Waals surface area (Å²) in [5.74, 6) is -0.307. The van der Waals surface area contributed by atoms with E-state index in [0.29, 0.717) is 28.5 Å². The molecule has 0 bridgehead atoms. The number of hydrogen-bond acceptors (Lipinski definition) is 2. The fraction of sp³-hybridized carbons (Fsp3) is 0.125. The third-order valence-electron chi connectivity index (χ3n) is 3.56. The second kappa shape index (κ2) is 5.69. The molecule has 22 heavy (non-hydrogen) atoms. The predicted molar refractivity (Wildman–Crippen MR) is 86.5 cm³/mol. The van der Waals surface area contributed by atoms with Crippen LogP contribution in [0.15, 0.2) is 42.5 Å². The van der Waals surface area contributed by atoms with Gasteiger partial charge in [0.05, 0.1) is 22.0 Å². The molecule has 3 rings (SSSR count). The van der Waals surface area contributed by atoms with Gasteiger partial charge in [0, 0.05) is 13.6 Å². The number of amides is 3. The third kappa shape index (κ3) is 2.51. The number of nitrogens with one attached hydrogen (secondary N) is 2. The number of rotatable bonds is 2. The number of fused-ring (bicyclic) bond motifs is 1. The zero-order valence-corrected chi connectivity index (χ0v) is 12.6. The first kappa shape index (κ1) is 14.4. The fourth-order valence-electron chi connectivity index (χ4n) is 2.46. The Balaban J connectivity index is 1.96. The van der Waals surface area contributed by atoms with Crippen LogP contribution in [0.2, 0.25) is 5.02 Å². The number of para-hydroxylation sites is 1. The summed E-state index contributed by atoms with van der Waals surface area (Å²) in [4.78, 5) is 25.7. The molecule has 6 heteroatoms. The first-order chi connectivity index (χ1) is 10.6. The Labute approximate surface area is 132 Å². The monoisotopic (exact) mass is 315 g/mol. The van der Waals surface area contributed by atoms with Crippen molar-refractivity contribution >= 4 is 34.9 Å². The van der Waals surface area contributed by atoms with Gasteiger partial charge >= 0.3 is 6.03 Å². The summed E-state index contributed by atoms with van der Waals surface area (Å²) in [5, 5.41) is 5.98. The molecule has 2 aromatic rings. The van der Waals surface area contributed by atoms with Crippen LogP contribution in [0, 0.1) is 0 Å². The smallest absolute Gasteiger partial charge is 0.321 e. The molecule has 2 N–H and O–H groups in total. The Kier molecular flexibility index (Phi) is 3.73. The van der Waals surface area contributed by atoms with E-state index in [1.165, 1.54) is 4.90 Å². The standard InChI is InChI=1S/C16H14ClN3O2/c1-20-14-10(9-18-16(20)22)5-4-8-13(14)19-15(21)11-6-2-3-7-12(11)17/h2-8H,9H2,1H3,(H,18,22)(H,19,21). The summed E-state index contributed by atoms with van der Waals surface area (Å²) in [6, 6.07) is 12.2. The largest absolute Gasteiger partial charge is 0.334 e. The highest BCUT2D eigenvalue weighted by Gasteiger charge is 2.24. The lowest BCUT2D eigenvalue weighted by Crippen LogP contribution is -2.42. The number of carbonyl (C=O) groups is 2. The summed E-state index contributed by atoms with van der Waals surface area (Å²) < 4.78 is 0. The van der Waals surface area contributed by atoms with Crippen LogP contribution < -0.4 is 15.5 Å². The van der Waals surface area contributed by atoms with Crippen LogP contribution >= 0.6 is 11.6 Å². The number of hydrogen-bond donors (Lipinski definition) is 2. The highest BCUT2D eigenvalue weighted by atomic mass is 35.5. The first-order valence-corrected chi connectivity index (χ1v) is 7.15. The molecule has 1 heterocycles. The third-order valence-corrected chi connectivity index (χ3v) is 3.89. The van der Waals surface area contributed by atoms with E-state index in [-0.39, 0.29) is 11.9 Å². The molecular weight excluding hydrogens is 302 g/mol. The van der Waals surface area contributed by atoms with Crippen LogP contribution in [-0.4, -0.2) is 19.0 Å². The van der Waals surface area contributed by atoms with Crippen molar-refractivity contribution < 1.29 is 9.59 Å². The lowest BCUT2D eigenvalue weighted by atomic mass is 10.1. The Hall–Kier alpha value is -2.53. The Morgan fingerprint density at radius 2 is 2.00 bits per heavy atom. The predicted octanol–water partition coefficient (Wildman–Crippen LogP) is 3.25. The van der Waals surface area contributed by atoms with Crippen molar-refractivity contribution in [2.45, 2.75) is 6.54 Å². The van der Waals surface area contributed by atoms with Crippen LogP contribution in [0.25, 0.3) is 0 Å². The van der Waals surface area contributed by atoms with Crippen molar-refractivity contribution in [3.05, 3.63) is 58.6 Å². The van der Waals surface area contributed by atoms with Crippen molar-refractivity contribution in [3.63, 3.8) is 0 Å². The molecule has 0 aromatic heterocycles. The van der Waals surface area contributed by atoms with E-state index >= 15 is 0 Å². The summed E-state index contributed by atoms with van der Waals surface area (Å²) in [7, 11) is 1.67. The van der Waals surface area contributed by atoms with Gasteiger partial charge in [-0.1, -0.05) is 35.9 Å². The van der Waals surface area contributed by atoms with E-state index in [9.17, 15) is 9.59 Å². The Bertz CT molecular complexity index is 761. The SMILES string of the molecule is CN1C(=O)NCc2cccc(NC(=O)c3ccccc3Cl)c21. The minimum Gasteiger partial charge on any atom is -0.334 e. The zero-order chi connectivity index (χ0) is 15.7. The fourth-order valence-corrected chi connectivity index (χ4v) is 2.68. The maximum atomic E-state index is 12.4. The summed E-state index contributed by atoms with van der Waals surface area (Å²) in [5.41, 5.74) is 2.62. The molecule has 0 atom stereocenters. The number of urea groups is 1. The van der Waals surface area contributed by atoms with Gasteiger partial charge < -0.3 is 10.6 Å². The van der Waals surface area contributed by atoms with Gasteiger partial charge in [0.2, 0.25) is 0 Å². The van der Waals surface area contributed by atoms with E-state index in [2.05, 4.69) is 10.6 Å². The van der Waals surface area contributed by atoms with Crippen molar-refractivity contribution in [2.75, 3.05) is 17.3 Å². The van der Waals surface area contributed by atoms with Crippen LogP contribution in [0.5, 0.6) is 0 Å². The molecule has 0 saturated heterocycles. The van der Waals surface area contributed by atoms with Crippen LogP contribution in [0.1, 0.15) is 15.9 Å². The average molecular weight is 316 g/mol. The maximum absolute atomic E-state index is 12.4. The van der Waals surface area contributed by atoms with E-state index in [1.54, 1.807) is 37.4 Å². The molecule has 3 amide bonds. The highest BCUT2D eigenvalue weighted by Crippen LogP contribution is 2.32. The Morgan fingerprint density at radius 3 is 2.77 bits per heavy atom. The van der Waals surface area contributed by atoms with Gasteiger partial charge in [-0.2, -0.15) is 0 Å². The van der Waals surface area contributed by atoms with Crippen molar-refractivity contribution in [1.82, 2.24) is 5.32 Å². The molecule has 0 aliphatic carbocycles.